The van der Waals surface area contributed by atoms with Crippen molar-refractivity contribution in [3.05, 3.63) is 18.0 Å². The van der Waals surface area contributed by atoms with Crippen LogP contribution in [0.15, 0.2) is 21.8 Å². The zero-order valence-electron chi connectivity index (χ0n) is 17.5. The fraction of sp³-hybridized carbons (Fsp3) is 0.800. The highest BCUT2D eigenvalue weighted by Gasteiger charge is 2.21. The number of hydrogen-bond donors (Lipinski definition) is 1. The van der Waals surface area contributed by atoms with Crippen LogP contribution in [-0.2, 0) is 6.54 Å². The SMILES string of the molecule is CCNC(=NCCN(C)C1CCCCC1)N1CCN(Cc2ccon2)CC1.I. The molecule has 2 aliphatic rings. The van der Waals surface area contributed by atoms with Gasteiger partial charge in [0.2, 0.25) is 0 Å². The number of hydrogen-bond acceptors (Lipinski definition) is 5. The second-order valence-electron chi connectivity index (χ2n) is 7.76. The van der Waals surface area contributed by atoms with Crippen LogP contribution in [-0.4, -0.2) is 84.7 Å². The van der Waals surface area contributed by atoms with E-state index in [0.717, 1.165) is 70.1 Å². The van der Waals surface area contributed by atoms with E-state index in [2.05, 4.69) is 39.1 Å². The number of piperazine rings is 1. The Morgan fingerprint density at radius 2 is 2.00 bits per heavy atom. The van der Waals surface area contributed by atoms with Crippen LogP contribution in [0.1, 0.15) is 44.7 Å². The highest BCUT2D eigenvalue weighted by atomic mass is 127. The van der Waals surface area contributed by atoms with Crippen molar-refractivity contribution in [2.75, 3.05) is 52.9 Å². The molecule has 0 radical (unpaired) electrons. The van der Waals surface area contributed by atoms with Crippen molar-refractivity contribution in [1.82, 2.24) is 25.2 Å². The van der Waals surface area contributed by atoms with Crippen molar-refractivity contribution in [3.63, 3.8) is 0 Å². The lowest BCUT2D eigenvalue weighted by Crippen LogP contribution is -2.52. The molecule has 1 aliphatic heterocycles. The summed E-state index contributed by atoms with van der Waals surface area (Å²) in [5.74, 6) is 1.07. The Morgan fingerprint density at radius 3 is 2.64 bits per heavy atom. The fourth-order valence-electron chi connectivity index (χ4n) is 4.11. The van der Waals surface area contributed by atoms with Gasteiger partial charge in [0.25, 0.3) is 0 Å². The molecule has 0 unspecified atom stereocenters. The summed E-state index contributed by atoms with van der Waals surface area (Å²) in [6.07, 6.45) is 8.54. The van der Waals surface area contributed by atoms with Crippen molar-refractivity contribution >= 4 is 29.9 Å². The van der Waals surface area contributed by atoms with E-state index in [1.54, 1.807) is 6.26 Å². The van der Waals surface area contributed by atoms with Crippen molar-refractivity contribution in [2.45, 2.75) is 51.6 Å². The van der Waals surface area contributed by atoms with Crippen LogP contribution in [0.3, 0.4) is 0 Å². The molecule has 1 N–H and O–H groups in total. The Balaban J connectivity index is 0.00000280. The van der Waals surface area contributed by atoms with Gasteiger partial charge in [0.05, 0.1) is 12.2 Å². The minimum atomic E-state index is 0. The summed E-state index contributed by atoms with van der Waals surface area (Å²) in [7, 11) is 2.26. The first-order valence-corrected chi connectivity index (χ1v) is 10.6. The molecular formula is C20H37IN6O. The van der Waals surface area contributed by atoms with Gasteiger partial charge in [-0.3, -0.25) is 9.89 Å². The first-order chi connectivity index (χ1) is 13.3. The first kappa shape index (κ1) is 23.4. The van der Waals surface area contributed by atoms with Crippen molar-refractivity contribution < 1.29 is 4.52 Å². The zero-order valence-corrected chi connectivity index (χ0v) is 19.8. The van der Waals surface area contributed by atoms with Crippen molar-refractivity contribution in [3.8, 4) is 0 Å². The Labute approximate surface area is 186 Å². The lowest BCUT2D eigenvalue weighted by Gasteiger charge is -2.36. The highest BCUT2D eigenvalue weighted by molar-refractivity contribution is 14.0. The van der Waals surface area contributed by atoms with Gasteiger partial charge in [-0.2, -0.15) is 0 Å². The maximum atomic E-state index is 4.93. The van der Waals surface area contributed by atoms with Gasteiger partial charge in [0.15, 0.2) is 5.96 Å². The molecule has 1 saturated heterocycles. The van der Waals surface area contributed by atoms with E-state index in [-0.39, 0.29) is 24.0 Å². The molecule has 8 heteroatoms. The number of guanidine groups is 1. The van der Waals surface area contributed by atoms with Gasteiger partial charge < -0.3 is 19.6 Å². The van der Waals surface area contributed by atoms with E-state index in [1.165, 1.54) is 32.1 Å². The van der Waals surface area contributed by atoms with Gasteiger partial charge >= 0.3 is 0 Å². The minimum absolute atomic E-state index is 0. The lowest BCUT2D eigenvalue weighted by atomic mass is 9.94. The number of likely N-dealkylation sites (N-methyl/N-ethyl adjacent to an activating group) is 1. The van der Waals surface area contributed by atoms with E-state index in [1.807, 2.05) is 6.07 Å². The number of nitrogens with one attached hydrogen (secondary N) is 1. The van der Waals surface area contributed by atoms with Crippen LogP contribution in [0.5, 0.6) is 0 Å². The van der Waals surface area contributed by atoms with Gasteiger partial charge in [-0.05, 0) is 26.8 Å². The molecule has 160 valence electrons. The van der Waals surface area contributed by atoms with Gasteiger partial charge in [-0.1, -0.05) is 24.4 Å². The third-order valence-electron chi connectivity index (χ3n) is 5.80. The molecule has 0 atom stereocenters. The van der Waals surface area contributed by atoms with E-state index in [9.17, 15) is 0 Å². The molecule has 0 bridgehead atoms. The Kier molecular flexibility index (Phi) is 10.6. The Hall–Kier alpha value is -0.870. The third-order valence-corrected chi connectivity index (χ3v) is 5.80. The maximum Gasteiger partial charge on any atom is 0.194 e. The Bertz CT molecular complexity index is 553. The van der Waals surface area contributed by atoms with Gasteiger partial charge in [0.1, 0.15) is 6.26 Å². The monoisotopic (exact) mass is 504 g/mol. The molecular weight excluding hydrogens is 467 g/mol. The summed E-state index contributed by atoms with van der Waals surface area (Å²) < 4.78 is 4.93. The molecule has 3 rings (SSSR count). The fourth-order valence-corrected chi connectivity index (χ4v) is 4.11. The highest BCUT2D eigenvalue weighted by Crippen LogP contribution is 2.21. The quantitative estimate of drug-likeness (QED) is 0.350. The Morgan fingerprint density at radius 1 is 1.25 bits per heavy atom. The molecule has 1 aliphatic carbocycles. The second kappa shape index (κ2) is 12.6. The molecule has 1 saturated carbocycles. The standard InChI is InChI=1S/C20H36N6O.HI/c1-3-21-20(22-10-11-24(2)19-7-5-4-6-8-19)26-14-12-25(13-15-26)17-18-9-16-27-23-18;/h9,16,19H,3-8,10-15,17H2,1-2H3,(H,21,22);1H. The molecule has 2 fully saturated rings. The van der Waals surface area contributed by atoms with E-state index >= 15 is 0 Å². The van der Waals surface area contributed by atoms with E-state index < -0.39 is 0 Å². The summed E-state index contributed by atoms with van der Waals surface area (Å²) in [4.78, 5) is 12.3. The van der Waals surface area contributed by atoms with Gasteiger partial charge in [-0.25, -0.2) is 0 Å². The number of halogens is 1. The van der Waals surface area contributed by atoms with Crippen LogP contribution in [0.2, 0.25) is 0 Å². The number of aromatic nitrogens is 1. The van der Waals surface area contributed by atoms with Crippen LogP contribution < -0.4 is 5.32 Å². The van der Waals surface area contributed by atoms with Crippen LogP contribution in [0.4, 0.5) is 0 Å². The van der Waals surface area contributed by atoms with Crippen LogP contribution >= 0.6 is 24.0 Å². The predicted octanol–water partition coefficient (Wildman–Crippen LogP) is 2.64. The third kappa shape index (κ3) is 7.18. The molecule has 0 spiro atoms. The van der Waals surface area contributed by atoms with Gasteiger partial charge in [-0.15, -0.1) is 24.0 Å². The molecule has 1 aromatic rings. The average Bonchev–Trinajstić information content (AvgIpc) is 3.21. The molecule has 2 heterocycles. The molecule has 0 amide bonds. The van der Waals surface area contributed by atoms with Crippen LogP contribution in [0.25, 0.3) is 0 Å². The minimum Gasteiger partial charge on any atom is -0.364 e. The predicted molar refractivity (Wildman–Crippen MR) is 124 cm³/mol. The summed E-state index contributed by atoms with van der Waals surface area (Å²) in [5.41, 5.74) is 1.01. The topological polar surface area (TPSA) is 60.1 Å². The number of aliphatic imine (C=N–C) groups is 1. The zero-order chi connectivity index (χ0) is 18.9. The average molecular weight is 504 g/mol. The second-order valence-corrected chi connectivity index (χ2v) is 7.76. The van der Waals surface area contributed by atoms with Crippen molar-refractivity contribution in [2.24, 2.45) is 4.99 Å². The number of rotatable bonds is 7. The summed E-state index contributed by atoms with van der Waals surface area (Å²) in [6.45, 7) is 9.90. The largest absolute Gasteiger partial charge is 0.364 e. The van der Waals surface area contributed by atoms with E-state index in [0.29, 0.717) is 0 Å². The summed E-state index contributed by atoms with van der Waals surface area (Å²) in [6, 6.07) is 2.71. The van der Waals surface area contributed by atoms with Crippen molar-refractivity contribution in [1.29, 1.82) is 0 Å². The molecule has 28 heavy (non-hydrogen) atoms. The van der Waals surface area contributed by atoms with Gasteiger partial charge in [0, 0.05) is 57.9 Å². The van der Waals surface area contributed by atoms with Crippen LogP contribution in [0, 0.1) is 0 Å². The summed E-state index contributed by atoms with van der Waals surface area (Å²) in [5, 5.41) is 7.50. The smallest absolute Gasteiger partial charge is 0.194 e. The maximum absolute atomic E-state index is 4.93. The normalized spacial score (nSPS) is 19.7. The molecule has 7 nitrogen and oxygen atoms in total. The molecule has 0 aromatic carbocycles. The van der Waals surface area contributed by atoms with E-state index in [4.69, 9.17) is 9.52 Å². The molecule has 1 aromatic heterocycles. The number of nitrogens with zero attached hydrogens (tertiary/aromatic N) is 5. The lowest BCUT2D eigenvalue weighted by molar-refractivity contribution is 0.168. The first-order valence-electron chi connectivity index (χ1n) is 10.6. The summed E-state index contributed by atoms with van der Waals surface area (Å²) >= 11 is 0.